The monoisotopic (exact) mass is 304 g/mol. The molecule has 1 aromatic carbocycles. The zero-order valence-corrected chi connectivity index (χ0v) is 12.2. The third kappa shape index (κ3) is 3.65. The molecule has 0 radical (unpaired) electrons. The van der Waals surface area contributed by atoms with Crippen LogP contribution in [0.5, 0.6) is 5.75 Å². The Bertz CT molecular complexity index is 577. The fraction of sp³-hybridized carbons (Fsp3) is 0.333. The van der Waals surface area contributed by atoms with Crippen LogP contribution in [-0.2, 0) is 4.79 Å². The van der Waals surface area contributed by atoms with Crippen molar-refractivity contribution in [2.24, 2.45) is 0 Å². The normalized spacial score (nSPS) is 21.6. The van der Waals surface area contributed by atoms with Gasteiger partial charge in [-0.2, -0.15) is 0 Å². The Balaban J connectivity index is 1.65. The molecule has 21 heavy (non-hydrogen) atoms. The number of piperidine rings is 1. The van der Waals surface area contributed by atoms with Gasteiger partial charge in [0.05, 0.1) is 4.91 Å². The summed E-state index contributed by atoms with van der Waals surface area (Å²) in [5, 5.41) is 5.22. The minimum Gasteiger partial charge on any atom is -0.490 e. The molecular formula is C15H16N2O3S. The second-order valence-corrected chi connectivity index (χ2v) is 6.00. The van der Waals surface area contributed by atoms with Crippen molar-refractivity contribution in [1.82, 2.24) is 10.6 Å². The van der Waals surface area contributed by atoms with Gasteiger partial charge >= 0.3 is 0 Å². The van der Waals surface area contributed by atoms with Crippen LogP contribution in [0.15, 0.2) is 29.2 Å². The molecule has 2 aliphatic heterocycles. The molecule has 2 heterocycles. The Morgan fingerprint density at radius 1 is 1.14 bits per heavy atom. The lowest BCUT2D eigenvalue weighted by atomic mass is 10.1. The van der Waals surface area contributed by atoms with Crippen LogP contribution in [-0.4, -0.2) is 30.3 Å². The molecule has 0 saturated carbocycles. The highest BCUT2D eigenvalue weighted by Gasteiger charge is 2.24. The third-order valence-electron chi connectivity index (χ3n) is 3.41. The van der Waals surface area contributed by atoms with Crippen LogP contribution in [0.1, 0.15) is 18.4 Å². The van der Waals surface area contributed by atoms with Crippen LogP contribution in [0.4, 0.5) is 4.79 Å². The first-order valence-electron chi connectivity index (χ1n) is 6.93. The first kappa shape index (κ1) is 14.2. The van der Waals surface area contributed by atoms with Crippen molar-refractivity contribution in [3.8, 4) is 5.75 Å². The van der Waals surface area contributed by atoms with E-state index in [0.717, 1.165) is 49.0 Å². The summed E-state index contributed by atoms with van der Waals surface area (Å²) in [4.78, 5) is 23.0. The molecule has 2 saturated heterocycles. The highest BCUT2D eigenvalue weighted by molar-refractivity contribution is 8.18. The predicted molar refractivity (Wildman–Crippen MR) is 82.1 cm³/mol. The lowest BCUT2D eigenvalue weighted by Crippen LogP contribution is -2.34. The van der Waals surface area contributed by atoms with E-state index >= 15 is 0 Å². The average Bonchev–Trinajstić information content (AvgIpc) is 2.80. The molecular weight excluding hydrogens is 288 g/mol. The van der Waals surface area contributed by atoms with E-state index in [1.54, 1.807) is 6.08 Å². The summed E-state index contributed by atoms with van der Waals surface area (Å²) in [6, 6.07) is 7.57. The molecule has 2 N–H and O–H groups in total. The Morgan fingerprint density at radius 3 is 2.48 bits per heavy atom. The number of nitrogens with one attached hydrogen (secondary N) is 2. The van der Waals surface area contributed by atoms with E-state index in [0.29, 0.717) is 4.91 Å². The molecule has 3 rings (SSSR count). The van der Waals surface area contributed by atoms with Crippen molar-refractivity contribution >= 4 is 29.0 Å². The van der Waals surface area contributed by atoms with Gasteiger partial charge in [0.25, 0.3) is 11.1 Å². The second-order valence-electron chi connectivity index (χ2n) is 4.99. The van der Waals surface area contributed by atoms with E-state index in [4.69, 9.17) is 4.74 Å². The van der Waals surface area contributed by atoms with Crippen molar-refractivity contribution in [2.45, 2.75) is 18.9 Å². The zero-order valence-electron chi connectivity index (χ0n) is 11.4. The van der Waals surface area contributed by atoms with E-state index in [9.17, 15) is 9.59 Å². The third-order valence-corrected chi connectivity index (χ3v) is 4.22. The van der Waals surface area contributed by atoms with Crippen molar-refractivity contribution in [1.29, 1.82) is 0 Å². The molecule has 6 heteroatoms. The standard InChI is InChI=1S/C15H16N2O3S/c18-14-13(21-15(19)17-14)9-10-1-3-11(4-2-10)20-12-5-7-16-8-6-12/h1-4,9,12,16H,5-8H2,(H,17,18,19)/b13-9-. The van der Waals surface area contributed by atoms with E-state index in [-0.39, 0.29) is 17.3 Å². The smallest absolute Gasteiger partial charge is 0.290 e. The molecule has 0 bridgehead atoms. The summed E-state index contributed by atoms with van der Waals surface area (Å²) in [7, 11) is 0. The summed E-state index contributed by atoms with van der Waals surface area (Å²) >= 11 is 0.925. The molecule has 0 atom stereocenters. The molecule has 110 valence electrons. The number of benzene rings is 1. The van der Waals surface area contributed by atoms with Gasteiger partial charge in [0.1, 0.15) is 11.9 Å². The topological polar surface area (TPSA) is 67.4 Å². The highest BCUT2D eigenvalue weighted by atomic mass is 32.2. The molecule has 2 aliphatic rings. The lowest BCUT2D eigenvalue weighted by Gasteiger charge is -2.23. The summed E-state index contributed by atoms with van der Waals surface area (Å²) < 4.78 is 5.92. The maximum atomic E-state index is 11.5. The van der Waals surface area contributed by atoms with Gasteiger partial charge in [-0.05, 0) is 61.5 Å². The molecule has 0 unspecified atom stereocenters. The summed E-state index contributed by atoms with van der Waals surface area (Å²) in [6.07, 6.45) is 4.01. The van der Waals surface area contributed by atoms with E-state index in [1.807, 2.05) is 24.3 Å². The number of carbonyl (C=O) groups is 2. The quantitative estimate of drug-likeness (QED) is 0.838. The number of imide groups is 1. The summed E-state index contributed by atoms with van der Waals surface area (Å²) in [5.41, 5.74) is 0.875. The predicted octanol–water partition coefficient (Wildman–Crippen LogP) is 2.14. The van der Waals surface area contributed by atoms with Gasteiger partial charge in [0.2, 0.25) is 0 Å². The Morgan fingerprint density at radius 2 is 1.86 bits per heavy atom. The number of rotatable bonds is 3. The molecule has 2 amide bonds. The largest absolute Gasteiger partial charge is 0.490 e. The van der Waals surface area contributed by atoms with Crippen LogP contribution in [0.3, 0.4) is 0 Å². The van der Waals surface area contributed by atoms with Crippen molar-refractivity contribution < 1.29 is 14.3 Å². The number of hydrogen-bond acceptors (Lipinski definition) is 5. The molecule has 1 aromatic rings. The Labute approximate surface area is 127 Å². The van der Waals surface area contributed by atoms with Gasteiger partial charge in [-0.15, -0.1) is 0 Å². The fourth-order valence-corrected chi connectivity index (χ4v) is 3.00. The maximum Gasteiger partial charge on any atom is 0.290 e. The van der Waals surface area contributed by atoms with Crippen LogP contribution in [0.25, 0.3) is 6.08 Å². The maximum absolute atomic E-state index is 11.5. The van der Waals surface area contributed by atoms with Crippen molar-refractivity contribution in [2.75, 3.05) is 13.1 Å². The first-order valence-corrected chi connectivity index (χ1v) is 7.75. The number of thioether (sulfide) groups is 1. The Kier molecular flexibility index (Phi) is 4.26. The SMILES string of the molecule is O=C1NC(=O)/C(=C/c2ccc(OC3CCNCC3)cc2)S1. The van der Waals surface area contributed by atoms with Gasteiger partial charge in [-0.25, -0.2) is 0 Å². The van der Waals surface area contributed by atoms with Gasteiger partial charge < -0.3 is 10.1 Å². The highest BCUT2D eigenvalue weighted by Crippen LogP contribution is 2.26. The van der Waals surface area contributed by atoms with Crippen LogP contribution in [0.2, 0.25) is 0 Å². The average molecular weight is 304 g/mol. The molecule has 2 fully saturated rings. The van der Waals surface area contributed by atoms with Crippen molar-refractivity contribution in [3.05, 3.63) is 34.7 Å². The number of hydrogen-bond donors (Lipinski definition) is 2. The Hall–Kier alpha value is -1.79. The number of amides is 2. The molecule has 0 aliphatic carbocycles. The van der Waals surface area contributed by atoms with Gasteiger partial charge in [0, 0.05) is 0 Å². The van der Waals surface area contributed by atoms with Crippen molar-refractivity contribution in [3.63, 3.8) is 0 Å². The lowest BCUT2D eigenvalue weighted by molar-refractivity contribution is -0.115. The van der Waals surface area contributed by atoms with Crippen LogP contribution in [0, 0.1) is 0 Å². The van der Waals surface area contributed by atoms with E-state index < -0.39 is 0 Å². The first-order chi connectivity index (χ1) is 10.2. The fourth-order valence-electron chi connectivity index (χ4n) is 2.32. The summed E-state index contributed by atoms with van der Waals surface area (Å²) in [6.45, 7) is 1.99. The zero-order chi connectivity index (χ0) is 14.7. The summed E-state index contributed by atoms with van der Waals surface area (Å²) in [5.74, 6) is 0.503. The van der Waals surface area contributed by atoms with E-state index in [2.05, 4.69) is 10.6 Å². The molecule has 5 nitrogen and oxygen atoms in total. The van der Waals surface area contributed by atoms with Gasteiger partial charge in [-0.1, -0.05) is 12.1 Å². The van der Waals surface area contributed by atoms with Gasteiger partial charge in [-0.3, -0.25) is 14.9 Å². The van der Waals surface area contributed by atoms with Crippen LogP contribution >= 0.6 is 11.8 Å². The minimum absolute atomic E-state index is 0.268. The molecule has 0 aromatic heterocycles. The molecule has 0 spiro atoms. The minimum atomic E-state index is -0.333. The number of ether oxygens (including phenoxy) is 1. The second kappa shape index (κ2) is 6.32. The number of carbonyl (C=O) groups excluding carboxylic acids is 2. The van der Waals surface area contributed by atoms with E-state index in [1.165, 1.54) is 0 Å². The van der Waals surface area contributed by atoms with Gasteiger partial charge in [0.15, 0.2) is 0 Å². The van der Waals surface area contributed by atoms with Crippen LogP contribution < -0.4 is 15.4 Å².